The van der Waals surface area contributed by atoms with Gasteiger partial charge in [0, 0.05) is 6.42 Å². The lowest BCUT2D eigenvalue weighted by molar-refractivity contribution is -0.113. The van der Waals surface area contributed by atoms with Gasteiger partial charge in [0.1, 0.15) is 0 Å². The van der Waals surface area contributed by atoms with Crippen LogP contribution in [0.3, 0.4) is 0 Å². The number of hydrogen-bond acceptors (Lipinski definition) is 3. The van der Waals surface area contributed by atoms with E-state index in [4.69, 9.17) is 28.5 Å². The molecule has 18 heavy (non-hydrogen) atoms. The Morgan fingerprint density at radius 1 is 1.44 bits per heavy atom. The van der Waals surface area contributed by atoms with Gasteiger partial charge in [-0.3, -0.25) is 4.79 Å². The second kappa shape index (κ2) is 8.25. The Balaban J connectivity index is 2.36. The van der Waals surface area contributed by atoms with Crippen LogP contribution >= 0.6 is 35.0 Å². The topological polar surface area (TPSA) is 52.9 Å². The molecule has 0 fully saturated rings. The van der Waals surface area contributed by atoms with Gasteiger partial charge < -0.3 is 5.32 Å². The van der Waals surface area contributed by atoms with Crippen molar-refractivity contribution >= 4 is 46.6 Å². The molecule has 0 aromatic heterocycles. The zero-order valence-electron chi connectivity index (χ0n) is 9.58. The average Bonchev–Trinajstić information content (AvgIpc) is 2.35. The van der Waals surface area contributed by atoms with E-state index >= 15 is 0 Å². The summed E-state index contributed by atoms with van der Waals surface area (Å²) >= 11 is 13.3. The first-order valence-electron chi connectivity index (χ1n) is 5.33. The highest BCUT2D eigenvalue weighted by Gasteiger charge is 2.07. The molecule has 96 valence electrons. The van der Waals surface area contributed by atoms with Gasteiger partial charge >= 0.3 is 0 Å². The fourth-order valence-electron chi connectivity index (χ4n) is 1.20. The van der Waals surface area contributed by atoms with Crippen LogP contribution in [-0.2, 0) is 4.79 Å². The van der Waals surface area contributed by atoms with Crippen LogP contribution in [-0.4, -0.2) is 17.4 Å². The molecule has 6 heteroatoms. The van der Waals surface area contributed by atoms with Crippen LogP contribution in [0, 0.1) is 11.3 Å². The molecule has 1 rings (SSSR count). The van der Waals surface area contributed by atoms with Crippen LogP contribution in [0.5, 0.6) is 0 Å². The molecule has 1 N–H and O–H groups in total. The number of nitriles is 1. The molecule has 0 saturated carbocycles. The van der Waals surface area contributed by atoms with E-state index in [1.165, 1.54) is 11.8 Å². The van der Waals surface area contributed by atoms with Gasteiger partial charge in [-0.15, -0.1) is 0 Å². The third-order valence-corrected chi connectivity index (χ3v) is 3.90. The molecule has 3 nitrogen and oxygen atoms in total. The highest BCUT2D eigenvalue weighted by molar-refractivity contribution is 7.99. The zero-order chi connectivity index (χ0) is 13.4. The molecule has 0 radical (unpaired) electrons. The van der Waals surface area contributed by atoms with E-state index in [0.717, 1.165) is 12.2 Å². The maximum Gasteiger partial charge on any atom is 0.234 e. The predicted molar refractivity (Wildman–Crippen MR) is 77.3 cm³/mol. The van der Waals surface area contributed by atoms with Gasteiger partial charge in [0.25, 0.3) is 0 Å². The van der Waals surface area contributed by atoms with Gasteiger partial charge in [-0.05, 0) is 24.3 Å². The van der Waals surface area contributed by atoms with Crippen molar-refractivity contribution in [3.63, 3.8) is 0 Å². The number of amides is 1. The molecule has 0 aliphatic carbocycles. The first-order valence-corrected chi connectivity index (χ1v) is 7.24. The summed E-state index contributed by atoms with van der Waals surface area (Å²) in [5.41, 5.74) is 0.520. The van der Waals surface area contributed by atoms with Gasteiger partial charge in [0.05, 0.1) is 27.6 Å². The smallest absolute Gasteiger partial charge is 0.234 e. The van der Waals surface area contributed by atoms with Crippen LogP contribution in [0.2, 0.25) is 10.0 Å². The van der Waals surface area contributed by atoms with Gasteiger partial charge in [0.15, 0.2) is 0 Å². The predicted octanol–water partition coefficient (Wildman–Crippen LogP) is 3.97. The van der Waals surface area contributed by atoms with E-state index in [1.54, 1.807) is 18.2 Å². The number of rotatable bonds is 6. The van der Waals surface area contributed by atoms with E-state index < -0.39 is 0 Å². The van der Waals surface area contributed by atoms with Crippen LogP contribution < -0.4 is 5.32 Å². The Hall–Kier alpha value is -0.890. The van der Waals surface area contributed by atoms with Crippen molar-refractivity contribution in [3.05, 3.63) is 28.2 Å². The van der Waals surface area contributed by atoms with Gasteiger partial charge in [0.2, 0.25) is 5.91 Å². The molecule has 0 bridgehead atoms. The number of carbonyl (C=O) groups excluding carboxylic acids is 1. The summed E-state index contributed by atoms with van der Waals surface area (Å²) in [5, 5.41) is 11.8. The molecule has 0 spiro atoms. The van der Waals surface area contributed by atoms with Crippen molar-refractivity contribution in [2.24, 2.45) is 0 Å². The lowest BCUT2D eigenvalue weighted by atomic mass is 10.3. The Bertz CT molecular complexity index is 460. The van der Waals surface area contributed by atoms with E-state index in [-0.39, 0.29) is 5.91 Å². The quantitative estimate of drug-likeness (QED) is 0.809. The molecule has 0 aliphatic rings. The van der Waals surface area contributed by atoms with E-state index in [2.05, 4.69) is 11.4 Å². The molecular weight excluding hydrogens is 291 g/mol. The molecule has 0 heterocycles. The van der Waals surface area contributed by atoms with Gasteiger partial charge in [-0.25, -0.2) is 0 Å². The van der Waals surface area contributed by atoms with Gasteiger partial charge in [-0.2, -0.15) is 17.0 Å². The Morgan fingerprint density at radius 2 is 2.22 bits per heavy atom. The second-order valence-electron chi connectivity index (χ2n) is 3.46. The largest absolute Gasteiger partial charge is 0.324 e. The second-order valence-corrected chi connectivity index (χ2v) is 5.35. The first-order chi connectivity index (χ1) is 8.65. The number of anilines is 1. The molecule has 0 atom stereocenters. The summed E-state index contributed by atoms with van der Waals surface area (Å²) in [7, 11) is 0. The molecule has 1 amide bonds. The normalized spacial score (nSPS) is 9.83. The SMILES string of the molecule is N#CCCCSCC(=O)Nc1cccc(Cl)c1Cl. The van der Waals surface area contributed by atoms with Crippen molar-refractivity contribution in [1.29, 1.82) is 5.26 Å². The molecule has 0 saturated heterocycles. The zero-order valence-corrected chi connectivity index (χ0v) is 11.9. The highest BCUT2D eigenvalue weighted by atomic mass is 35.5. The van der Waals surface area contributed by atoms with Crippen molar-refractivity contribution in [3.8, 4) is 6.07 Å². The Labute approximate surface area is 120 Å². The van der Waals surface area contributed by atoms with Crippen molar-refractivity contribution in [1.82, 2.24) is 0 Å². The van der Waals surface area contributed by atoms with Gasteiger partial charge in [-0.1, -0.05) is 29.3 Å². The fraction of sp³-hybridized carbons (Fsp3) is 0.333. The number of thioether (sulfide) groups is 1. The Morgan fingerprint density at radius 3 is 2.94 bits per heavy atom. The minimum Gasteiger partial charge on any atom is -0.324 e. The number of benzene rings is 1. The summed E-state index contributed by atoms with van der Waals surface area (Å²) in [6, 6.07) is 7.15. The minimum absolute atomic E-state index is 0.124. The summed E-state index contributed by atoms with van der Waals surface area (Å²) in [5.74, 6) is 1.01. The van der Waals surface area contributed by atoms with E-state index in [0.29, 0.717) is 27.9 Å². The number of unbranched alkanes of at least 4 members (excludes halogenated alkanes) is 1. The van der Waals surface area contributed by atoms with Crippen molar-refractivity contribution in [2.75, 3.05) is 16.8 Å². The lowest BCUT2D eigenvalue weighted by Crippen LogP contribution is -2.14. The molecule has 0 aliphatic heterocycles. The molecule has 0 unspecified atom stereocenters. The Kier molecular flexibility index (Phi) is 6.96. The summed E-state index contributed by atoms with van der Waals surface area (Å²) in [6.45, 7) is 0. The number of nitrogens with one attached hydrogen (secondary N) is 1. The first kappa shape index (κ1) is 15.2. The van der Waals surface area contributed by atoms with E-state index in [1.807, 2.05) is 0 Å². The van der Waals surface area contributed by atoms with Crippen LogP contribution in [0.1, 0.15) is 12.8 Å². The summed E-state index contributed by atoms with van der Waals surface area (Å²) in [4.78, 5) is 11.6. The minimum atomic E-state index is -0.124. The third-order valence-electron chi connectivity index (χ3n) is 2.04. The number of halogens is 2. The van der Waals surface area contributed by atoms with E-state index in [9.17, 15) is 4.79 Å². The number of hydrogen-bond donors (Lipinski definition) is 1. The summed E-state index contributed by atoms with van der Waals surface area (Å²) < 4.78 is 0. The monoisotopic (exact) mass is 302 g/mol. The number of carbonyl (C=O) groups is 1. The van der Waals surface area contributed by atoms with Crippen LogP contribution in [0.25, 0.3) is 0 Å². The third kappa shape index (κ3) is 5.18. The maximum atomic E-state index is 11.6. The molecule has 1 aromatic carbocycles. The lowest BCUT2D eigenvalue weighted by Gasteiger charge is -2.07. The highest BCUT2D eigenvalue weighted by Crippen LogP contribution is 2.29. The summed E-state index contributed by atoms with van der Waals surface area (Å²) in [6.07, 6.45) is 1.32. The van der Waals surface area contributed by atoms with Crippen LogP contribution in [0.4, 0.5) is 5.69 Å². The average molecular weight is 303 g/mol. The fourth-order valence-corrected chi connectivity index (χ4v) is 2.30. The molecular formula is C12H12Cl2N2OS. The maximum absolute atomic E-state index is 11.6. The standard InChI is InChI=1S/C12H12Cl2N2OS/c13-9-4-3-5-10(12(9)14)16-11(17)8-18-7-2-1-6-15/h3-5H,1-2,7-8H2,(H,16,17). The molecule has 1 aromatic rings. The van der Waals surface area contributed by atoms with Crippen molar-refractivity contribution in [2.45, 2.75) is 12.8 Å². The van der Waals surface area contributed by atoms with Crippen LogP contribution in [0.15, 0.2) is 18.2 Å². The van der Waals surface area contributed by atoms with Crippen molar-refractivity contribution < 1.29 is 4.79 Å². The number of nitrogens with zero attached hydrogens (tertiary/aromatic N) is 1.